The van der Waals surface area contributed by atoms with Crippen LogP contribution in [0.5, 0.6) is 5.75 Å². The summed E-state index contributed by atoms with van der Waals surface area (Å²) in [5.74, 6) is 0.811. The van der Waals surface area contributed by atoms with E-state index in [1.165, 1.54) is 0 Å². The number of epoxide rings is 1. The Morgan fingerprint density at radius 2 is 1.87 bits per heavy atom. The summed E-state index contributed by atoms with van der Waals surface area (Å²) in [4.78, 5) is 0. The minimum absolute atomic E-state index is 0.0518. The van der Waals surface area contributed by atoms with Gasteiger partial charge in [-0.05, 0) is 48.4 Å². The lowest BCUT2D eigenvalue weighted by atomic mass is 9.96. The van der Waals surface area contributed by atoms with Crippen molar-refractivity contribution in [3.63, 3.8) is 0 Å². The molecule has 0 saturated carbocycles. The normalized spacial score (nSPS) is 23.2. The Kier molecular flexibility index (Phi) is 4.12. The molecule has 1 saturated heterocycles. The molecule has 0 unspecified atom stereocenters. The Bertz CT molecular complexity index is 775. The maximum atomic E-state index is 9.44. The maximum absolute atomic E-state index is 9.44. The molecule has 116 valence electrons. The van der Waals surface area contributed by atoms with Crippen LogP contribution < -0.4 is 4.74 Å². The smallest absolute Gasteiger partial charge is 0.118 e. The predicted molar refractivity (Wildman–Crippen MR) is 90.3 cm³/mol. The molecule has 2 aromatic rings. The van der Waals surface area contributed by atoms with Crippen molar-refractivity contribution in [2.24, 2.45) is 0 Å². The Morgan fingerprint density at radius 1 is 1.22 bits per heavy atom. The highest BCUT2D eigenvalue weighted by Crippen LogP contribution is 2.51. The fraction of sp³-hybridized carbons (Fsp3) is 0.211. The molecule has 0 spiro atoms. The van der Waals surface area contributed by atoms with E-state index in [4.69, 9.17) is 21.1 Å². The molecule has 3 rings (SSSR count). The quantitative estimate of drug-likeness (QED) is 0.600. The summed E-state index contributed by atoms with van der Waals surface area (Å²) >= 11 is 5.90. The molecular weight excluding hydrogens is 310 g/mol. The fourth-order valence-corrected chi connectivity index (χ4v) is 2.73. The SMILES string of the molecule is COc1ccc([C@H]2O[C@@]2(C)/C=C(\C#N)c2ccc(Cl)cc2)cc1. The van der Waals surface area contributed by atoms with Gasteiger partial charge in [0.25, 0.3) is 0 Å². The first-order valence-electron chi connectivity index (χ1n) is 7.26. The molecule has 0 aliphatic carbocycles. The minimum Gasteiger partial charge on any atom is -0.497 e. The van der Waals surface area contributed by atoms with Gasteiger partial charge >= 0.3 is 0 Å². The van der Waals surface area contributed by atoms with Gasteiger partial charge in [0, 0.05) is 5.02 Å². The largest absolute Gasteiger partial charge is 0.497 e. The van der Waals surface area contributed by atoms with Gasteiger partial charge in [0.05, 0.1) is 18.8 Å². The van der Waals surface area contributed by atoms with Gasteiger partial charge < -0.3 is 9.47 Å². The van der Waals surface area contributed by atoms with E-state index in [9.17, 15) is 5.26 Å². The van der Waals surface area contributed by atoms with Gasteiger partial charge in [0.2, 0.25) is 0 Å². The molecule has 4 heteroatoms. The van der Waals surface area contributed by atoms with Crippen molar-refractivity contribution < 1.29 is 9.47 Å². The van der Waals surface area contributed by atoms with Gasteiger partial charge in [-0.3, -0.25) is 0 Å². The summed E-state index contributed by atoms with van der Waals surface area (Å²) in [7, 11) is 1.64. The van der Waals surface area contributed by atoms with E-state index >= 15 is 0 Å². The van der Waals surface area contributed by atoms with E-state index in [0.29, 0.717) is 10.6 Å². The van der Waals surface area contributed by atoms with Gasteiger partial charge in [0.1, 0.15) is 17.5 Å². The number of nitrogens with zero attached hydrogens (tertiary/aromatic N) is 1. The molecule has 1 heterocycles. The number of methoxy groups -OCH3 is 1. The van der Waals surface area contributed by atoms with E-state index in [-0.39, 0.29) is 6.10 Å². The van der Waals surface area contributed by atoms with Gasteiger partial charge in [0.15, 0.2) is 0 Å². The molecular formula is C19H16ClNO2. The second-order valence-electron chi connectivity index (χ2n) is 5.63. The summed E-state index contributed by atoms with van der Waals surface area (Å²) in [6.45, 7) is 1.98. The Balaban J connectivity index is 1.83. The summed E-state index contributed by atoms with van der Waals surface area (Å²) in [6.07, 6.45) is 1.83. The van der Waals surface area contributed by atoms with Crippen molar-refractivity contribution in [1.29, 1.82) is 5.26 Å². The number of benzene rings is 2. The fourth-order valence-electron chi connectivity index (χ4n) is 2.60. The van der Waals surface area contributed by atoms with Gasteiger partial charge in [-0.25, -0.2) is 0 Å². The Labute approximate surface area is 140 Å². The van der Waals surface area contributed by atoms with Crippen LogP contribution in [0.2, 0.25) is 5.02 Å². The number of rotatable bonds is 4. The van der Waals surface area contributed by atoms with Crippen molar-refractivity contribution in [2.75, 3.05) is 7.11 Å². The number of nitriles is 1. The number of hydrogen-bond acceptors (Lipinski definition) is 3. The molecule has 1 aliphatic rings. The van der Waals surface area contributed by atoms with Crippen LogP contribution in [0.15, 0.2) is 54.6 Å². The number of ether oxygens (including phenoxy) is 2. The maximum Gasteiger partial charge on any atom is 0.118 e. The third kappa shape index (κ3) is 3.24. The van der Waals surface area contributed by atoms with Crippen LogP contribution in [0, 0.1) is 11.3 Å². The topological polar surface area (TPSA) is 45.5 Å². The molecule has 1 fully saturated rings. The lowest BCUT2D eigenvalue weighted by Crippen LogP contribution is -2.03. The number of hydrogen-bond donors (Lipinski definition) is 0. The highest BCUT2D eigenvalue weighted by Gasteiger charge is 2.51. The van der Waals surface area contributed by atoms with E-state index in [1.54, 1.807) is 19.2 Å². The molecule has 1 aliphatic heterocycles. The van der Waals surface area contributed by atoms with Crippen LogP contribution in [0.1, 0.15) is 24.2 Å². The van der Waals surface area contributed by atoms with E-state index < -0.39 is 5.60 Å². The van der Waals surface area contributed by atoms with Crippen molar-refractivity contribution in [3.8, 4) is 11.8 Å². The van der Waals surface area contributed by atoms with Crippen molar-refractivity contribution in [2.45, 2.75) is 18.6 Å². The van der Waals surface area contributed by atoms with Crippen LogP contribution in [0.25, 0.3) is 5.57 Å². The van der Waals surface area contributed by atoms with E-state index in [1.807, 2.05) is 49.4 Å². The summed E-state index contributed by atoms with van der Waals surface area (Å²) in [5.41, 5.74) is 2.01. The molecule has 0 bridgehead atoms. The Morgan fingerprint density at radius 3 is 2.43 bits per heavy atom. The summed E-state index contributed by atoms with van der Waals surface area (Å²) in [6, 6.07) is 17.3. The lowest BCUT2D eigenvalue weighted by molar-refractivity contribution is 0.345. The standard InChI is InChI=1S/C19H16ClNO2/c1-19(11-15(12-21)13-3-7-16(20)8-4-13)18(23-19)14-5-9-17(22-2)10-6-14/h3-11,18H,1-2H3/b15-11+/t18-,19+/m1/s1. The molecule has 0 amide bonds. The average molecular weight is 326 g/mol. The minimum atomic E-state index is -0.473. The third-order valence-corrected chi connectivity index (χ3v) is 4.21. The highest BCUT2D eigenvalue weighted by atomic mass is 35.5. The molecule has 0 aromatic heterocycles. The zero-order valence-corrected chi connectivity index (χ0v) is 13.7. The van der Waals surface area contributed by atoms with Crippen LogP contribution in [-0.4, -0.2) is 12.7 Å². The molecule has 2 atom stereocenters. The highest BCUT2D eigenvalue weighted by molar-refractivity contribution is 6.30. The lowest BCUT2D eigenvalue weighted by Gasteiger charge is -2.04. The summed E-state index contributed by atoms with van der Waals surface area (Å²) in [5, 5.41) is 10.1. The summed E-state index contributed by atoms with van der Waals surface area (Å²) < 4.78 is 11.0. The number of allylic oxidation sites excluding steroid dienone is 1. The van der Waals surface area contributed by atoms with E-state index in [0.717, 1.165) is 16.9 Å². The predicted octanol–water partition coefficient (Wildman–Crippen LogP) is 4.79. The second-order valence-corrected chi connectivity index (χ2v) is 6.07. The molecule has 23 heavy (non-hydrogen) atoms. The Hall–Kier alpha value is -2.28. The van der Waals surface area contributed by atoms with Crippen molar-refractivity contribution in [1.82, 2.24) is 0 Å². The zero-order chi connectivity index (χ0) is 16.4. The zero-order valence-electron chi connectivity index (χ0n) is 12.9. The van der Waals surface area contributed by atoms with Crippen LogP contribution >= 0.6 is 11.6 Å². The van der Waals surface area contributed by atoms with E-state index in [2.05, 4.69) is 6.07 Å². The average Bonchev–Trinajstić information content (AvgIpc) is 3.25. The first-order valence-corrected chi connectivity index (χ1v) is 7.64. The van der Waals surface area contributed by atoms with Crippen LogP contribution in [0.4, 0.5) is 0 Å². The molecule has 2 aromatic carbocycles. The third-order valence-electron chi connectivity index (χ3n) is 3.96. The molecule has 0 radical (unpaired) electrons. The van der Waals surface area contributed by atoms with Crippen molar-refractivity contribution in [3.05, 3.63) is 70.8 Å². The van der Waals surface area contributed by atoms with Gasteiger partial charge in [-0.1, -0.05) is 35.9 Å². The van der Waals surface area contributed by atoms with Crippen LogP contribution in [-0.2, 0) is 4.74 Å². The monoisotopic (exact) mass is 325 g/mol. The van der Waals surface area contributed by atoms with Crippen LogP contribution in [0.3, 0.4) is 0 Å². The molecule has 0 N–H and O–H groups in total. The van der Waals surface area contributed by atoms with Crippen molar-refractivity contribution >= 4 is 17.2 Å². The first kappa shape index (κ1) is 15.6. The van der Waals surface area contributed by atoms with Gasteiger partial charge in [-0.2, -0.15) is 5.26 Å². The second kappa shape index (κ2) is 6.08. The number of halogens is 1. The molecule has 3 nitrogen and oxygen atoms in total. The first-order chi connectivity index (χ1) is 11.1. The van der Waals surface area contributed by atoms with Gasteiger partial charge in [-0.15, -0.1) is 0 Å².